The molecule has 1 aromatic rings. The van der Waals surface area contributed by atoms with E-state index >= 15 is 0 Å². The summed E-state index contributed by atoms with van der Waals surface area (Å²) in [6.07, 6.45) is -0.0544. The lowest BCUT2D eigenvalue weighted by molar-refractivity contribution is -0.144. The van der Waals surface area contributed by atoms with Gasteiger partial charge in [-0.05, 0) is 33.6 Å². The summed E-state index contributed by atoms with van der Waals surface area (Å²) < 4.78 is 18.5. The van der Waals surface area contributed by atoms with Gasteiger partial charge in [-0.1, -0.05) is 6.07 Å². The number of ether oxygens (including phenoxy) is 1. The maximum atomic E-state index is 13.4. The van der Waals surface area contributed by atoms with Crippen LogP contribution in [0.25, 0.3) is 0 Å². The molecule has 0 unspecified atom stereocenters. The van der Waals surface area contributed by atoms with Gasteiger partial charge in [-0.2, -0.15) is 0 Å². The minimum Gasteiger partial charge on any atom is -0.480 e. The lowest BCUT2D eigenvalue weighted by Crippen LogP contribution is -2.38. The van der Waals surface area contributed by atoms with Gasteiger partial charge in [0.05, 0.1) is 17.5 Å². The highest BCUT2D eigenvalue weighted by atomic mass is 79.9. The van der Waals surface area contributed by atoms with E-state index in [2.05, 4.69) is 15.9 Å². The Kier molecular flexibility index (Phi) is 6.60. The monoisotopic (exact) mass is 347 g/mol. The number of aliphatic carboxylic acids is 1. The summed E-state index contributed by atoms with van der Waals surface area (Å²) in [6, 6.07) is 4.37. The van der Waals surface area contributed by atoms with Gasteiger partial charge in [0.25, 0.3) is 0 Å². The van der Waals surface area contributed by atoms with Crippen LogP contribution in [0.4, 0.5) is 4.39 Å². The quantitative estimate of drug-likeness (QED) is 0.814. The maximum Gasteiger partial charge on any atom is 0.323 e. The number of carbonyl (C=O) groups is 2. The molecule has 5 nitrogen and oxygen atoms in total. The summed E-state index contributed by atoms with van der Waals surface area (Å²) in [6.45, 7) is 0.0234. The first-order chi connectivity index (χ1) is 9.43. The van der Waals surface area contributed by atoms with Crippen LogP contribution in [0.5, 0.6) is 0 Å². The molecule has 0 aliphatic heterocycles. The number of amides is 1. The van der Waals surface area contributed by atoms with Crippen molar-refractivity contribution in [1.82, 2.24) is 4.90 Å². The lowest BCUT2D eigenvalue weighted by Gasteiger charge is -2.20. The van der Waals surface area contributed by atoms with Gasteiger partial charge in [0.15, 0.2) is 0 Å². The molecule has 20 heavy (non-hydrogen) atoms. The van der Waals surface area contributed by atoms with E-state index in [0.29, 0.717) is 10.0 Å². The van der Waals surface area contributed by atoms with Crippen LogP contribution in [-0.4, -0.2) is 48.7 Å². The highest BCUT2D eigenvalue weighted by Gasteiger charge is 2.17. The van der Waals surface area contributed by atoms with Gasteiger partial charge in [0.1, 0.15) is 12.4 Å². The molecular formula is C13H15BrFNO4. The Bertz CT molecular complexity index is 495. The molecule has 0 aromatic heterocycles. The topological polar surface area (TPSA) is 66.8 Å². The van der Waals surface area contributed by atoms with Crippen LogP contribution in [0.15, 0.2) is 22.7 Å². The van der Waals surface area contributed by atoms with Crippen molar-refractivity contribution in [3.63, 3.8) is 0 Å². The number of nitrogens with zero attached hydrogens (tertiary/aromatic N) is 1. The molecule has 1 aromatic carbocycles. The average Bonchev–Trinajstić information content (AvgIpc) is 2.38. The molecule has 1 N–H and O–H groups in total. The van der Waals surface area contributed by atoms with Crippen LogP contribution >= 0.6 is 15.9 Å². The van der Waals surface area contributed by atoms with Crippen molar-refractivity contribution in [1.29, 1.82) is 0 Å². The Labute approximate surface area is 124 Å². The molecule has 0 aliphatic carbocycles. The van der Waals surface area contributed by atoms with Gasteiger partial charge >= 0.3 is 5.97 Å². The SMILES string of the molecule is COCCN(CC(=O)O)C(=O)Cc1ccc(Br)c(F)c1. The van der Waals surface area contributed by atoms with Crippen molar-refractivity contribution < 1.29 is 23.8 Å². The fourth-order valence-electron chi connectivity index (χ4n) is 1.59. The van der Waals surface area contributed by atoms with E-state index in [1.165, 1.54) is 24.1 Å². The van der Waals surface area contributed by atoms with Crippen LogP contribution in [0.2, 0.25) is 0 Å². The molecule has 0 heterocycles. The molecule has 1 rings (SSSR count). The van der Waals surface area contributed by atoms with Crippen molar-refractivity contribution >= 4 is 27.8 Å². The smallest absolute Gasteiger partial charge is 0.323 e. The predicted octanol–water partition coefficient (Wildman–Crippen LogP) is 1.69. The molecule has 0 radical (unpaired) electrons. The Hall–Kier alpha value is -1.47. The number of hydrogen-bond donors (Lipinski definition) is 1. The summed E-state index contributed by atoms with van der Waals surface area (Å²) in [4.78, 5) is 23.9. The van der Waals surface area contributed by atoms with Crippen LogP contribution in [0.3, 0.4) is 0 Å². The van der Waals surface area contributed by atoms with E-state index in [4.69, 9.17) is 9.84 Å². The number of rotatable bonds is 7. The average molecular weight is 348 g/mol. The molecule has 110 valence electrons. The van der Waals surface area contributed by atoms with E-state index in [9.17, 15) is 14.0 Å². The molecule has 0 bridgehead atoms. The first kappa shape index (κ1) is 16.6. The van der Waals surface area contributed by atoms with Crippen LogP contribution in [-0.2, 0) is 20.7 Å². The zero-order chi connectivity index (χ0) is 15.1. The molecule has 0 saturated heterocycles. The van der Waals surface area contributed by atoms with Crippen molar-refractivity contribution in [2.45, 2.75) is 6.42 Å². The number of carboxylic acids is 1. The third kappa shape index (κ3) is 5.26. The largest absolute Gasteiger partial charge is 0.480 e. The van der Waals surface area contributed by atoms with Crippen molar-refractivity contribution in [2.75, 3.05) is 26.8 Å². The minimum absolute atomic E-state index is 0.0544. The molecule has 0 aliphatic rings. The predicted molar refractivity (Wildman–Crippen MR) is 73.9 cm³/mol. The van der Waals surface area contributed by atoms with Gasteiger partial charge in [0.2, 0.25) is 5.91 Å². The highest BCUT2D eigenvalue weighted by Crippen LogP contribution is 2.17. The van der Waals surface area contributed by atoms with Gasteiger partial charge in [0, 0.05) is 13.7 Å². The van der Waals surface area contributed by atoms with Crippen molar-refractivity contribution in [3.8, 4) is 0 Å². The van der Waals surface area contributed by atoms with E-state index in [-0.39, 0.29) is 25.5 Å². The van der Waals surface area contributed by atoms with E-state index in [1.54, 1.807) is 6.07 Å². The van der Waals surface area contributed by atoms with E-state index in [1.807, 2.05) is 0 Å². The van der Waals surface area contributed by atoms with Gasteiger partial charge < -0.3 is 14.7 Å². The number of benzene rings is 1. The van der Waals surface area contributed by atoms with E-state index < -0.39 is 18.3 Å². The first-order valence-electron chi connectivity index (χ1n) is 5.86. The zero-order valence-corrected chi connectivity index (χ0v) is 12.5. The number of carbonyl (C=O) groups excluding carboxylic acids is 1. The maximum absolute atomic E-state index is 13.4. The number of halogens is 2. The zero-order valence-electron chi connectivity index (χ0n) is 10.9. The summed E-state index contributed by atoms with van der Waals surface area (Å²) in [5.41, 5.74) is 0.489. The lowest BCUT2D eigenvalue weighted by atomic mass is 10.1. The summed E-state index contributed by atoms with van der Waals surface area (Å²) >= 11 is 3.03. The van der Waals surface area contributed by atoms with E-state index in [0.717, 1.165) is 0 Å². The van der Waals surface area contributed by atoms with Crippen LogP contribution in [0.1, 0.15) is 5.56 Å². The molecule has 1 amide bonds. The fourth-order valence-corrected chi connectivity index (χ4v) is 1.84. The molecular weight excluding hydrogens is 333 g/mol. The molecule has 0 atom stereocenters. The fraction of sp³-hybridized carbons (Fsp3) is 0.385. The van der Waals surface area contributed by atoms with Crippen LogP contribution < -0.4 is 0 Å². The number of hydrogen-bond acceptors (Lipinski definition) is 3. The Balaban J connectivity index is 2.73. The second-order valence-corrected chi connectivity index (χ2v) is 4.98. The summed E-state index contributed by atoms with van der Waals surface area (Å²) in [5.74, 6) is -1.94. The molecule has 0 fully saturated rings. The van der Waals surface area contributed by atoms with Crippen molar-refractivity contribution in [2.24, 2.45) is 0 Å². The Morgan fingerprint density at radius 3 is 2.70 bits per heavy atom. The van der Waals surface area contributed by atoms with Gasteiger partial charge in [-0.25, -0.2) is 4.39 Å². The van der Waals surface area contributed by atoms with Gasteiger partial charge in [-0.15, -0.1) is 0 Å². The minimum atomic E-state index is -1.10. The van der Waals surface area contributed by atoms with Crippen LogP contribution in [0, 0.1) is 5.82 Å². The molecule has 7 heteroatoms. The molecule has 0 spiro atoms. The summed E-state index contributed by atoms with van der Waals surface area (Å²) in [5, 5.41) is 8.78. The third-order valence-corrected chi connectivity index (χ3v) is 3.23. The summed E-state index contributed by atoms with van der Waals surface area (Å²) in [7, 11) is 1.47. The first-order valence-corrected chi connectivity index (χ1v) is 6.65. The number of methoxy groups -OCH3 is 1. The third-order valence-electron chi connectivity index (χ3n) is 2.58. The Morgan fingerprint density at radius 2 is 2.15 bits per heavy atom. The highest BCUT2D eigenvalue weighted by molar-refractivity contribution is 9.10. The Morgan fingerprint density at radius 1 is 1.45 bits per heavy atom. The second-order valence-electron chi connectivity index (χ2n) is 4.13. The normalized spacial score (nSPS) is 10.3. The molecule has 0 saturated carbocycles. The standard InChI is InChI=1S/C13H15BrFNO4/c1-20-5-4-16(8-13(18)19)12(17)7-9-2-3-10(14)11(15)6-9/h2-3,6H,4-5,7-8H2,1H3,(H,18,19). The van der Waals surface area contributed by atoms with Gasteiger partial charge in [-0.3, -0.25) is 9.59 Å². The second kappa shape index (κ2) is 7.96. The van der Waals surface area contributed by atoms with Crippen molar-refractivity contribution in [3.05, 3.63) is 34.1 Å². The number of carboxylic acid groups (broad SMARTS) is 1.